The quantitative estimate of drug-likeness (QED) is 0.342. The number of rotatable bonds is 6. The third-order valence-electron chi connectivity index (χ3n) is 1.88. The number of nitrogens with two attached hydrogens (primary N) is 1. The Hall–Kier alpha value is -1.73. The highest BCUT2D eigenvalue weighted by molar-refractivity contribution is 5.80. The van der Waals surface area contributed by atoms with Gasteiger partial charge in [0.05, 0.1) is 24.1 Å². The fraction of sp³-hybridized carbons (Fsp3) is 0.300. The van der Waals surface area contributed by atoms with Gasteiger partial charge in [0, 0.05) is 7.11 Å². The first-order valence-electron chi connectivity index (χ1n) is 4.79. The number of hydrogen-bond donors (Lipinski definition) is 2. The van der Waals surface area contributed by atoms with Crippen molar-refractivity contribution in [2.24, 2.45) is 11.0 Å². The van der Waals surface area contributed by atoms with Crippen LogP contribution in [0.4, 0.5) is 14.5 Å². The molecule has 0 aromatic heterocycles. The molecule has 0 aliphatic carbocycles. The van der Waals surface area contributed by atoms with Crippen LogP contribution in [0.25, 0.3) is 0 Å². The number of oxime groups is 1. The van der Waals surface area contributed by atoms with Crippen molar-refractivity contribution in [3.8, 4) is 0 Å². The molecule has 0 saturated heterocycles. The molecule has 5 nitrogen and oxygen atoms in total. The lowest BCUT2D eigenvalue weighted by Gasteiger charge is -2.03. The van der Waals surface area contributed by atoms with Crippen LogP contribution < -0.4 is 11.3 Å². The molecular weight excluding hydrogens is 232 g/mol. The summed E-state index contributed by atoms with van der Waals surface area (Å²) in [4.78, 5) is 4.72. The van der Waals surface area contributed by atoms with E-state index in [0.29, 0.717) is 6.61 Å². The van der Waals surface area contributed by atoms with E-state index in [4.69, 9.17) is 15.4 Å². The second-order valence-electron chi connectivity index (χ2n) is 3.06. The zero-order valence-electron chi connectivity index (χ0n) is 9.24. The van der Waals surface area contributed by atoms with Crippen LogP contribution in [0.3, 0.4) is 0 Å². The van der Waals surface area contributed by atoms with E-state index in [9.17, 15) is 8.78 Å². The van der Waals surface area contributed by atoms with Crippen molar-refractivity contribution in [1.82, 2.24) is 0 Å². The molecule has 94 valence electrons. The van der Waals surface area contributed by atoms with Crippen LogP contribution in [0.2, 0.25) is 0 Å². The van der Waals surface area contributed by atoms with Gasteiger partial charge in [0.2, 0.25) is 0 Å². The molecule has 7 heteroatoms. The van der Waals surface area contributed by atoms with Gasteiger partial charge in [-0.2, -0.15) is 0 Å². The Bertz CT molecular complexity index is 376. The van der Waals surface area contributed by atoms with Crippen molar-refractivity contribution >= 4 is 11.9 Å². The molecule has 0 spiro atoms. The fourth-order valence-electron chi connectivity index (χ4n) is 1.05. The van der Waals surface area contributed by atoms with Crippen molar-refractivity contribution in [3.05, 3.63) is 29.3 Å². The van der Waals surface area contributed by atoms with Crippen LogP contribution >= 0.6 is 0 Å². The molecule has 0 bridgehead atoms. The molecule has 0 aliphatic rings. The summed E-state index contributed by atoms with van der Waals surface area (Å²) in [7, 11) is 1.50. The summed E-state index contributed by atoms with van der Waals surface area (Å²) in [6, 6.07) is 2.11. The normalized spacial score (nSPS) is 10.8. The SMILES string of the molecule is COCCO/N=C/c1c(F)cc(NN)cc1F. The first-order valence-corrected chi connectivity index (χ1v) is 4.79. The van der Waals surface area contributed by atoms with Gasteiger partial charge in [0.25, 0.3) is 0 Å². The number of nitrogen functional groups attached to an aromatic ring is 1. The fourth-order valence-corrected chi connectivity index (χ4v) is 1.05. The van der Waals surface area contributed by atoms with Crippen LogP contribution in [-0.2, 0) is 9.57 Å². The van der Waals surface area contributed by atoms with E-state index < -0.39 is 11.6 Å². The summed E-state index contributed by atoms with van der Waals surface area (Å²) in [6.07, 6.45) is 0.959. The predicted octanol–water partition coefficient (Wildman–Crippen LogP) is 1.25. The van der Waals surface area contributed by atoms with Gasteiger partial charge in [-0.05, 0) is 12.1 Å². The van der Waals surface area contributed by atoms with Crippen molar-refractivity contribution in [2.45, 2.75) is 0 Å². The Morgan fingerprint density at radius 1 is 1.35 bits per heavy atom. The molecule has 0 saturated carbocycles. The van der Waals surface area contributed by atoms with E-state index in [1.54, 1.807) is 0 Å². The van der Waals surface area contributed by atoms with E-state index in [1.807, 2.05) is 0 Å². The third-order valence-corrected chi connectivity index (χ3v) is 1.88. The third kappa shape index (κ3) is 3.97. The Morgan fingerprint density at radius 3 is 2.53 bits per heavy atom. The smallest absolute Gasteiger partial charge is 0.140 e. The number of halogens is 2. The molecule has 3 N–H and O–H groups in total. The van der Waals surface area contributed by atoms with Crippen molar-refractivity contribution in [1.29, 1.82) is 0 Å². The van der Waals surface area contributed by atoms with Gasteiger partial charge in [-0.1, -0.05) is 5.16 Å². The Labute approximate surface area is 97.2 Å². The highest BCUT2D eigenvalue weighted by Crippen LogP contribution is 2.16. The maximum atomic E-state index is 13.4. The highest BCUT2D eigenvalue weighted by Gasteiger charge is 2.08. The van der Waals surface area contributed by atoms with Crippen LogP contribution in [0.15, 0.2) is 17.3 Å². The van der Waals surface area contributed by atoms with Crippen LogP contribution in [0, 0.1) is 11.6 Å². The second kappa shape index (κ2) is 6.77. The van der Waals surface area contributed by atoms with E-state index in [0.717, 1.165) is 18.3 Å². The monoisotopic (exact) mass is 245 g/mol. The Balaban J connectivity index is 2.70. The Kier molecular flexibility index (Phi) is 5.31. The molecule has 1 rings (SSSR count). The van der Waals surface area contributed by atoms with Gasteiger partial charge < -0.3 is 15.0 Å². The van der Waals surface area contributed by atoms with Gasteiger partial charge in [-0.15, -0.1) is 0 Å². The molecule has 0 unspecified atom stereocenters. The van der Waals surface area contributed by atoms with E-state index in [-0.39, 0.29) is 17.9 Å². The average Bonchev–Trinajstić information content (AvgIpc) is 2.31. The van der Waals surface area contributed by atoms with E-state index in [1.165, 1.54) is 7.11 Å². The van der Waals surface area contributed by atoms with Gasteiger partial charge in [-0.3, -0.25) is 5.84 Å². The topological polar surface area (TPSA) is 68.9 Å². The number of benzene rings is 1. The van der Waals surface area contributed by atoms with Gasteiger partial charge in [0.1, 0.15) is 18.2 Å². The molecule has 0 fully saturated rings. The minimum atomic E-state index is -0.781. The summed E-state index contributed by atoms with van der Waals surface area (Å²) in [5, 5.41) is 3.42. The van der Waals surface area contributed by atoms with E-state index in [2.05, 4.69) is 10.6 Å². The zero-order valence-corrected chi connectivity index (χ0v) is 9.24. The summed E-state index contributed by atoms with van der Waals surface area (Å²) >= 11 is 0. The van der Waals surface area contributed by atoms with Crippen molar-refractivity contribution in [3.63, 3.8) is 0 Å². The first-order chi connectivity index (χ1) is 8.19. The Morgan fingerprint density at radius 2 is 2.00 bits per heavy atom. The lowest BCUT2D eigenvalue weighted by atomic mass is 10.2. The van der Waals surface area contributed by atoms with Gasteiger partial charge in [-0.25, -0.2) is 8.78 Å². The molecule has 0 heterocycles. The molecule has 17 heavy (non-hydrogen) atoms. The summed E-state index contributed by atoms with van der Waals surface area (Å²) in [5.74, 6) is 3.48. The van der Waals surface area contributed by atoms with Crippen molar-refractivity contribution in [2.75, 3.05) is 25.7 Å². The highest BCUT2D eigenvalue weighted by atomic mass is 19.1. The summed E-state index contributed by atoms with van der Waals surface area (Å²) < 4.78 is 31.4. The molecule has 1 aromatic rings. The molecule has 0 aliphatic heterocycles. The van der Waals surface area contributed by atoms with Crippen LogP contribution in [0.1, 0.15) is 5.56 Å². The molecule has 0 atom stereocenters. The summed E-state index contributed by atoms with van der Waals surface area (Å²) in [6.45, 7) is 0.553. The summed E-state index contributed by atoms with van der Waals surface area (Å²) in [5.41, 5.74) is 1.99. The zero-order chi connectivity index (χ0) is 12.7. The van der Waals surface area contributed by atoms with Crippen LogP contribution in [-0.4, -0.2) is 26.5 Å². The lowest BCUT2D eigenvalue weighted by Crippen LogP contribution is -2.08. The number of anilines is 1. The van der Waals surface area contributed by atoms with Crippen LogP contribution in [0.5, 0.6) is 0 Å². The first kappa shape index (κ1) is 13.3. The van der Waals surface area contributed by atoms with E-state index >= 15 is 0 Å². The van der Waals surface area contributed by atoms with Gasteiger partial charge >= 0.3 is 0 Å². The molecule has 0 amide bonds. The standard InChI is InChI=1S/C10H13F2N3O2/c1-16-2-3-17-14-6-8-9(11)4-7(15-13)5-10(8)12/h4-6,15H,2-3,13H2,1H3/b14-6+. The molecule has 0 radical (unpaired) electrons. The minimum Gasteiger partial charge on any atom is -0.393 e. The largest absolute Gasteiger partial charge is 0.393 e. The predicted molar refractivity (Wildman–Crippen MR) is 59.6 cm³/mol. The number of nitrogens with zero attached hydrogens (tertiary/aromatic N) is 1. The minimum absolute atomic E-state index is 0.137. The average molecular weight is 245 g/mol. The maximum Gasteiger partial charge on any atom is 0.140 e. The van der Waals surface area contributed by atoms with Gasteiger partial charge in [0.15, 0.2) is 0 Å². The lowest BCUT2D eigenvalue weighted by molar-refractivity contribution is 0.0759. The van der Waals surface area contributed by atoms with Crippen molar-refractivity contribution < 1.29 is 18.4 Å². The molecular formula is C10H13F2N3O2. The number of hydrazine groups is 1. The maximum absolute atomic E-state index is 13.4. The number of hydrogen-bond acceptors (Lipinski definition) is 5. The molecule has 1 aromatic carbocycles. The number of methoxy groups -OCH3 is 1. The second-order valence-corrected chi connectivity index (χ2v) is 3.06. The number of nitrogens with one attached hydrogen (secondary N) is 1. The number of ether oxygens (including phenoxy) is 1.